The van der Waals surface area contributed by atoms with Crippen LogP contribution >= 0.6 is 11.8 Å². The Morgan fingerprint density at radius 3 is 2.90 bits per heavy atom. The molecule has 20 heavy (non-hydrogen) atoms. The van der Waals surface area contributed by atoms with Crippen LogP contribution in [0.25, 0.3) is 0 Å². The number of amides is 1. The van der Waals surface area contributed by atoms with Crippen molar-refractivity contribution >= 4 is 23.4 Å². The van der Waals surface area contributed by atoms with Crippen LogP contribution < -0.4 is 5.32 Å². The second-order valence-corrected chi connectivity index (χ2v) is 5.54. The lowest BCUT2D eigenvalue weighted by atomic mass is 10.1. The maximum Gasteiger partial charge on any atom is 0.283 e. The Balaban J connectivity index is 2.30. The van der Waals surface area contributed by atoms with Gasteiger partial charge in [-0.3, -0.25) is 14.9 Å². The molecule has 1 N–H and O–H groups in total. The van der Waals surface area contributed by atoms with Crippen molar-refractivity contribution in [1.29, 1.82) is 0 Å². The summed E-state index contributed by atoms with van der Waals surface area (Å²) >= 11 is 1.30. The SMILES string of the molecule is CSc1ccc(C(=O)N2CCNCC2C)cc1[N+](=O)[O-]. The number of rotatable bonds is 3. The predicted octanol–water partition coefficient (Wildman–Crippen LogP) is 1.75. The third-order valence-corrected chi connectivity index (χ3v) is 4.17. The molecule has 1 unspecified atom stereocenters. The maximum absolute atomic E-state index is 12.5. The van der Waals surface area contributed by atoms with Gasteiger partial charge in [0.05, 0.1) is 9.82 Å². The van der Waals surface area contributed by atoms with E-state index in [4.69, 9.17) is 0 Å². The van der Waals surface area contributed by atoms with Gasteiger partial charge in [-0.25, -0.2) is 0 Å². The minimum atomic E-state index is -0.441. The van der Waals surface area contributed by atoms with Gasteiger partial charge in [0.2, 0.25) is 0 Å². The molecule has 0 bridgehead atoms. The molecule has 1 aromatic carbocycles. The number of hydrogen-bond donors (Lipinski definition) is 1. The van der Waals surface area contributed by atoms with Crippen molar-refractivity contribution in [2.45, 2.75) is 17.9 Å². The number of carbonyl (C=O) groups is 1. The molecule has 7 heteroatoms. The van der Waals surface area contributed by atoms with Gasteiger partial charge in [-0.15, -0.1) is 11.8 Å². The van der Waals surface area contributed by atoms with Gasteiger partial charge < -0.3 is 10.2 Å². The molecule has 2 rings (SSSR count). The topological polar surface area (TPSA) is 75.5 Å². The molecule has 6 nitrogen and oxygen atoms in total. The fourth-order valence-corrected chi connectivity index (χ4v) is 2.82. The fourth-order valence-electron chi connectivity index (χ4n) is 2.27. The van der Waals surface area contributed by atoms with Crippen LogP contribution in [-0.2, 0) is 0 Å². The second-order valence-electron chi connectivity index (χ2n) is 4.70. The standard InChI is InChI=1S/C13H17N3O3S/c1-9-8-14-5-6-15(9)13(17)10-3-4-12(20-2)11(7-10)16(18)19/h3-4,7,9,14H,5-6,8H2,1-2H3. The summed E-state index contributed by atoms with van der Waals surface area (Å²) in [7, 11) is 0. The molecule has 108 valence electrons. The molecule has 1 heterocycles. The third kappa shape index (κ3) is 2.94. The first-order valence-electron chi connectivity index (χ1n) is 6.38. The first-order chi connectivity index (χ1) is 9.54. The molecule has 1 atom stereocenters. The Hall–Kier alpha value is -1.60. The number of nitro groups is 1. The average molecular weight is 295 g/mol. The predicted molar refractivity (Wildman–Crippen MR) is 78.2 cm³/mol. The van der Waals surface area contributed by atoms with Crippen LogP contribution in [0.2, 0.25) is 0 Å². The van der Waals surface area contributed by atoms with Crippen LogP contribution in [0.5, 0.6) is 0 Å². The smallest absolute Gasteiger partial charge is 0.283 e. The lowest BCUT2D eigenvalue weighted by molar-refractivity contribution is -0.387. The van der Waals surface area contributed by atoms with E-state index in [1.54, 1.807) is 23.3 Å². The Morgan fingerprint density at radius 1 is 1.55 bits per heavy atom. The molecular weight excluding hydrogens is 278 g/mol. The molecule has 1 aliphatic rings. The zero-order chi connectivity index (χ0) is 14.7. The van der Waals surface area contributed by atoms with Crippen molar-refractivity contribution < 1.29 is 9.72 Å². The first-order valence-corrected chi connectivity index (χ1v) is 7.61. The fraction of sp³-hybridized carbons (Fsp3) is 0.462. The van der Waals surface area contributed by atoms with E-state index in [2.05, 4.69) is 5.32 Å². The quantitative estimate of drug-likeness (QED) is 0.522. The monoisotopic (exact) mass is 295 g/mol. The first kappa shape index (κ1) is 14.8. The summed E-state index contributed by atoms with van der Waals surface area (Å²) in [6.45, 7) is 4.09. The molecule has 1 aromatic rings. The highest BCUT2D eigenvalue weighted by molar-refractivity contribution is 7.98. The van der Waals surface area contributed by atoms with Crippen LogP contribution in [0.3, 0.4) is 0 Å². The highest BCUT2D eigenvalue weighted by Crippen LogP contribution is 2.28. The highest BCUT2D eigenvalue weighted by Gasteiger charge is 2.26. The van der Waals surface area contributed by atoms with Crippen LogP contribution in [0, 0.1) is 10.1 Å². The van der Waals surface area contributed by atoms with Crippen molar-refractivity contribution in [3.63, 3.8) is 0 Å². The van der Waals surface area contributed by atoms with E-state index in [0.29, 0.717) is 17.0 Å². The van der Waals surface area contributed by atoms with Gasteiger partial charge >= 0.3 is 0 Å². The number of nitro benzene ring substituents is 1. The van der Waals surface area contributed by atoms with E-state index in [9.17, 15) is 14.9 Å². The van der Waals surface area contributed by atoms with Gasteiger partial charge in [0, 0.05) is 37.3 Å². The van der Waals surface area contributed by atoms with E-state index in [1.165, 1.54) is 17.8 Å². The zero-order valence-electron chi connectivity index (χ0n) is 11.5. The van der Waals surface area contributed by atoms with Gasteiger partial charge in [0.1, 0.15) is 0 Å². The van der Waals surface area contributed by atoms with E-state index >= 15 is 0 Å². The molecule has 1 fully saturated rings. The normalized spacial score (nSPS) is 18.9. The summed E-state index contributed by atoms with van der Waals surface area (Å²) in [5.74, 6) is -0.144. The van der Waals surface area contributed by atoms with Crippen molar-refractivity contribution in [1.82, 2.24) is 10.2 Å². The number of piperazine rings is 1. The van der Waals surface area contributed by atoms with Crippen LogP contribution in [-0.4, -0.2) is 47.7 Å². The summed E-state index contributed by atoms with van der Waals surface area (Å²) in [4.78, 5) is 25.4. The van der Waals surface area contributed by atoms with Gasteiger partial charge in [-0.1, -0.05) is 0 Å². The third-order valence-electron chi connectivity index (χ3n) is 3.38. The number of carbonyl (C=O) groups excluding carboxylic acids is 1. The summed E-state index contributed by atoms with van der Waals surface area (Å²) in [5.41, 5.74) is 0.370. The van der Waals surface area contributed by atoms with Crippen LogP contribution in [0.4, 0.5) is 5.69 Å². The minimum absolute atomic E-state index is 0.00821. The Kier molecular flexibility index (Phi) is 4.61. The van der Waals surface area contributed by atoms with Crippen LogP contribution in [0.15, 0.2) is 23.1 Å². The van der Waals surface area contributed by atoms with Crippen molar-refractivity contribution in [2.24, 2.45) is 0 Å². The lowest BCUT2D eigenvalue weighted by Crippen LogP contribution is -2.52. The van der Waals surface area contributed by atoms with E-state index < -0.39 is 4.92 Å². The Morgan fingerprint density at radius 2 is 2.30 bits per heavy atom. The number of nitrogens with zero attached hydrogens (tertiary/aromatic N) is 2. The zero-order valence-corrected chi connectivity index (χ0v) is 12.3. The molecule has 0 spiro atoms. The van der Waals surface area contributed by atoms with Gasteiger partial charge in [0.25, 0.3) is 11.6 Å². The molecular formula is C13H17N3O3S. The van der Waals surface area contributed by atoms with E-state index in [-0.39, 0.29) is 17.6 Å². The number of nitrogens with one attached hydrogen (secondary N) is 1. The number of benzene rings is 1. The molecule has 0 saturated carbocycles. The number of hydrogen-bond acceptors (Lipinski definition) is 5. The maximum atomic E-state index is 12.5. The number of thioether (sulfide) groups is 1. The Labute approximate surface area is 121 Å². The Bertz CT molecular complexity index is 536. The van der Waals surface area contributed by atoms with Crippen molar-refractivity contribution in [3.05, 3.63) is 33.9 Å². The van der Waals surface area contributed by atoms with Gasteiger partial charge in [-0.2, -0.15) is 0 Å². The largest absolute Gasteiger partial charge is 0.333 e. The highest BCUT2D eigenvalue weighted by atomic mass is 32.2. The molecule has 1 aliphatic heterocycles. The molecule has 1 amide bonds. The van der Waals surface area contributed by atoms with Gasteiger partial charge in [0.15, 0.2) is 0 Å². The minimum Gasteiger partial charge on any atom is -0.333 e. The summed E-state index contributed by atoms with van der Waals surface area (Å²) in [6.07, 6.45) is 1.78. The average Bonchev–Trinajstić information content (AvgIpc) is 2.46. The molecule has 0 aromatic heterocycles. The van der Waals surface area contributed by atoms with E-state index in [1.807, 2.05) is 6.92 Å². The summed E-state index contributed by atoms with van der Waals surface area (Å²) < 4.78 is 0. The van der Waals surface area contributed by atoms with E-state index in [0.717, 1.165) is 13.1 Å². The summed E-state index contributed by atoms with van der Waals surface area (Å²) in [5, 5.41) is 14.3. The molecule has 0 radical (unpaired) electrons. The van der Waals surface area contributed by atoms with Crippen LogP contribution in [0.1, 0.15) is 17.3 Å². The molecule has 1 saturated heterocycles. The molecule has 0 aliphatic carbocycles. The second kappa shape index (κ2) is 6.23. The summed E-state index contributed by atoms with van der Waals surface area (Å²) in [6, 6.07) is 4.78. The van der Waals surface area contributed by atoms with Gasteiger partial charge in [-0.05, 0) is 25.3 Å². The van der Waals surface area contributed by atoms with Crippen molar-refractivity contribution in [2.75, 3.05) is 25.9 Å². The lowest BCUT2D eigenvalue weighted by Gasteiger charge is -2.34. The van der Waals surface area contributed by atoms with Crippen molar-refractivity contribution in [3.8, 4) is 0 Å².